The summed E-state index contributed by atoms with van der Waals surface area (Å²) in [6.45, 7) is 1.92. The third kappa shape index (κ3) is 2.38. The minimum Gasteiger partial charge on any atom is -0.438 e. The van der Waals surface area contributed by atoms with Crippen LogP contribution in [0, 0.1) is 6.92 Å². The van der Waals surface area contributed by atoms with Crippen molar-refractivity contribution in [2.75, 3.05) is 5.73 Å². The number of nitrogens with two attached hydrogens (primary N) is 1. The Morgan fingerprint density at radius 3 is 2.75 bits per heavy atom. The van der Waals surface area contributed by atoms with Crippen LogP contribution in [0.25, 0.3) is 10.9 Å². The van der Waals surface area contributed by atoms with Gasteiger partial charge in [-0.2, -0.15) is 0 Å². The highest BCUT2D eigenvalue weighted by Gasteiger charge is 2.07. The Hall–Kier alpha value is -2.33. The first-order valence-electron chi connectivity index (χ1n) is 6.08. The third-order valence-corrected chi connectivity index (χ3v) is 3.39. The molecule has 3 rings (SSSR count). The Morgan fingerprint density at radius 2 is 1.95 bits per heavy atom. The number of fused-ring (bicyclic) bond motifs is 1. The fourth-order valence-corrected chi connectivity index (χ4v) is 2.04. The average Bonchev–Trinajstić information content (AvgIpc) is 2.44. The molecular weight excluding hydrogens is 274 g/mol. The number of nitrogen functional groups attached to an aromatic ring is 1. The van der Waals surface area contributed by atoms with E-state index in [2.05, 4.69) is 9.97 Å². The maximum Gasteiger partial charge on any atom is 0.230 e. The topological polar surface area (TPSA) is 61.0 Å². The van der Waals surface area contributed by atoms with Gasteiger partial charge in [-0.3, -0.25) is 0 Å². The highest BCUT2D eigenvalue weighted by Crippen LogP contribution is 2.29. The second-order valence-electron chi connectivity index (χ2n) is 4.47. The number of aromatic nitrogens is 2. The lowest BCUT2D eigenvalue weighted by Crippen LogP contribution is -1.93. The van der Waals surface area contributed by atoms with Crippen molar-refractivity contribution in [1.82, 2.24) is 9.97 Å². The smallest absolute Gasteiger partial charge is 0.230 e. The first kappa shape index (κ1) is 12.7. The monoisotopic (exact) mass is 285 g/mol. The van der Waals surface area contributed by atoms with Gasteiger partial charge in [0.25, 0.3) is 0 Å². The summed E-state index contributed by atoms with van der Waals surface area (Å²) >= 11 is 6.00. The van der Waals surface area contributed by atoms with E-state index in [9.17, 15) is 0 Å². The van der Waals surface area contributed by atoms with Gasteiger partial charge in [0, 0.05) is 10.7 Å². The molecule has 5 heteroatoms. The molecule has 100 valence electrons. The van der Waals surface area contributed by atoms with Crippen LogP contribution in [0.2, 0.25) is 5.02 Å². The van der Waals surface area contributed by atoms with Crippen LogP contribution in [0.3, 0.4) is 0 Å². The predicted molar refractivity (Wildman–Crippen MR) is 80.2 cm³/mol. The molecule has 2 N–H and O–H groups in total. The van der Waals surface area contributed by atoms with Gasteiger partial charge in [-0.25, -0.2) is 9.97 Å². The molecule has 0 aliphatic carbocycles. The summed E-state index contributed by atoms with van der Waals surface area (Å²) in [6.07, 6.45) is 1.47. The SMILES string of the molecule is Cc1cc(Oc2ncnc3ccc(N)cc23)ccc1Cl. The van der Waals surface area contributed by atoms with Crippen molar-refractivity contribution >= 4 is 28.2 Å². The number of hydrogen-bond acceptors (Lipinski definition) is 4. The summed E-state index contributed by atoms with van der Waals surface area (Å²) in [7, 11) is 0. The number of ether oxygens (including phenoxy) is 1. The second-order valence-corrected chi connectivity index (χ2v) is 4.88. The van der Waals surface area contributed by atoms with Gasteiger partial charge in [0.05, 0.1) is 10.9 Å². The maximum absolute atomic E-state index is 6.00. The lowest BCUT2D eigenvalue weighted by atomic mass is 10.2. The number of anilines is 1. The van der Waals surface area contributed by atoms with Gasteiger partial charge in [-0.05, 0) is 48.9 Å². The second kappa shape index (κ2) is 4.98. The summed E-state index contributed by atoms with van der Waals surface area (Å²) in [5.74, 6) is 1.15. The van der Waals surface area contributed by atoms with Crippen LogP contribution in [-0.2, 0) is 0 Å². The molecule has 0 aliphatic heterocycles. The van der Waals surface area contributed by atoms with Gasteiger partial charge in [-0.1, -0.05) is 11.6 Å². The molecule has 0 spiro atoms. The van der Waals surface area contributed by atoms with E-state index in [1.54, 1.807) is 24.3 Å². The van der Waals surface area contributed by atoms with E-state index in [1.807, 2.05) is 19.1 Å². The zero-order valence-corrected chi connectivity index (χ0v) is 11.6. The summed E-state index contributed by atoms with van der Waals surface area (Å²) in [5.41, 5.74) is 8.18. The minimum atomic E-state index is 0.476. The highest BCUT2D eigenvalue weighted by molar-refractivity contribution is 6.31. The number of hydrogen-bond donors (Lipinski definition) is 1. The van der Waals surface area contributed by atoms with Crippen molar-refractivity contribution in [3.63, 3.8) is 0 Å². The number of benzene rings is 2. The lowest BCUT2D eigenvalue weighted by Gasteiger charge is -2.09. The molecule has 3 aromatic rings. The van der Waals surface area contributed by atoms with Crippen molar-refractivity contribution in [1.29, 1.82) is 0 Å². The Morgan fingerprint density at radius 1 is 1.10 bits per heavy atom. The molecule has 4 nitrogen and oxygen atoms in total. The Balaban J connectivity index is 2.05. The van der Waals surface area contributed by atoms with Gasteiger partial charge in [-0.15, -0.1) is 0 Å². The average molecular weight is 286 g/mol. The summed E-state index contributed by atoms with van der Waals surface area (Å²) in [6, 6.07) is 10.9. The van der Waals surface area contributed by atoms with Gasteiger partial charge in [0.1, 0.15) is 12.1 Å². The third-order valence-electron chi connectivity index (χ3n) is 2.97. The minimum absolute atomic E-state index is 0.476. The van der Waals surface area contributed by atoms with Crippen molar-refractivity contribution < 1.29 is 4.74 Å². The number of nitrogens with zero attached hydrogens (tertiary/aromatic N) is 2. The maximum atomic E-state index is 6.00. The molecule has 0 atom stereocenters. The van der Waals surface area contributed by atoms with Crippen molar-refractivity contribution in [2.24, 2.45) is 0 Å². The Labute approximate surface area is 121 Å². The summed E-state index contributed by atoms with van der Waals surface area (Å²) in [5, 5.41) is 1.48. The molecule has 0 unspecified atom stereocenters. The summed E-state index contributed by atoms with van der Waals surface area (Å²) in [4.78, 5) is 8.36. The molecule has 1 heterocycles. The van der Waals surface area contributed by atoms with E-state index in [1.165, 1.54) is 6.33 Å². The van der Waals surface area contributed by atoms with Crippen LogP contribution in [0.15, 0.2) is 42.7 Å². The van der Waals surface area contributed by atoms with Gasteiger partial charge >= 0.3 is 0 Å². The first-order chi connectivity index (χ1) is 9.63. The molecule has 0 bridgehead atoms. The molecule has 0 aliphatic rings. The number of aryl methyl sites for hydroxylation is 1. The van der Waals surface area contributed by atoms with E-state index in [0.717, 1.165) is 16.5 Å². The van der Waals surface area contributed by atoms with Crippen LogP contribution in [0.5, 0.6) is 11.6 Å². The van der Waals surface area contributed by atoms with Crippen molar-refractivity contribution in [3.8, 4) is 11.6 Å². The highest BCUT2D eigenvalue weighted by atomic mass is 35.5. The zero-order valence-electron chi connectivity index (χ0n) is 10.8. The standard InChI is InChI=1S/C15H12ClN3O/c1-9-6-11(3-4-13(9)16)20-15-12-7-10(17)2-5-14(12)18-8-19-15/h2-8H,17H2,1H3. The lowest BCUT2D eigenvalue weighted by molar-refractivity contribution is 0.468. The molecule has 2 aromatic carbocycles. The van der Waals surface area contributed by atoms with E-state index >= 15 is 0 Å². The summed E-state index contributed by atoms with van der Waals surface area (Å²) < 4.78 is 5.82. The Kier molecular flexibility index (Phi) is 3.16. The number of rotatable bonds is 2. The largest absolute Gasteiger partial charge is 0.438 e. The zero-order chi connectivity index (χ0) is 14.1. The van der Waals surface area contributed by atoms with Gasteiger partial charge in [0.2, 0.25) is 5.88 Å². The van der Waals surface area contributed by atoms with E-state index in [4.69, 9.17) is 22.1 Å². The first-order valence-corrected chi connectivity index (χ1v) is 6.45. The molecule has 0 radical (unpaired) electrons. The van der Waals surface area contributed by atoms with Crippen LogP contribution >= 0.6 is 11.6 Å². The van der Waals surface area contributed by atoms with Gasteiger partial charge in [0.15, 0.2) is 0 Å². The van der Waals surface area contributed by atoms with Crippen LogP contribution in [-0.4, -0.2) is 9.97 Å². The molecule has 0 amide bonds. The van der Waals surface area contributed by atoms with E-state index < -0.39 is 0 Å². The molecule has 0 saturated carbocycles. The Bertz CT molecular complexity index is 789. The molecule has 0 fully saturated rings. The van der Waals surface area contributed by atoms with E-state index in [0.29, 0.717) is 22.3 Å². The molecular formula is C15H12ClN3O. The molecule has 20 heavy (non-hydrogen) atoms. The van der Waals surface area contributed by atoms with Crippen LogP contribution < -0.4 is 10.5 Å². The predicted octanol–water partition coefficient (Wildman–Crippen LogP) is 3.97. The normalized spacial score (nSPS) is 10.7. The van der Waals surface area contributed by atoms with Gasteiger partial charge < -0.3 is 10.5 Å². The molecule has 0 saturated heterocycles. The van der Waals surface area contributed by atoms with Crippen molar-refractivity contribution in [3.05, 3.63) is 53.3 Å². The molecule has 1 aromatic heterocycles. The fourth-order valence-electron chi connectivity index (χ4n) is 1.92. The van der Waals surface area contributed by atoms with Crippen LogP contribution in [0.4, 0.5) is 5.69 Å². The van der Waals surface area contributed by atoms with Crippen LogP contribution in [0.1, 0.15) is 5.56 Å². The quantitative estimate of drug-likeness (QED) is 0.724. The fraction of sp³-hybridized carbons (Fsp3) is 0.0667. The number of halogens is 1. The van der Waals surface area contributed by atoms with E-state index in [-0.39, 0.29) is 0 Å². The van der Waals surface area contributed by atoms with Crippen molar-refractivity contribution in [2.45, 2.75) is 6.92 Å².